The lowest BCUT2D eigenvalue weighted by Gasteiger charge is -2.27. The highest BCUT2D eigenvalue weighted by Crippen LogP contribution is 2.34. The van der Waals surface area contributed by atoms with Gasteiger partial charge >= 0.3 is 0 Å². The predicted molar refractivity (Wildman–Crippen MR) is 75.0 cm³/mol. The minimum atomic E-state index is 0.0615. The van der Waals surface area contributed by atoms with E-state index in [9.17, 15) is 4.79 Å². The molecule has 1 fully saturated rings. The SMILES string of the molecule is Nc1sc2ccccc2c1C(=O)N1CCNCC1. The number of anilines is 1. The Bertz CT molecular complexity index is 587. The topological polar surface area (TPSA) is 58.4 Å². The van der Waals surface area contributed by atoms with E-state index in [1.54, 1.807) is 0 Å². The zero-order chi connectivity index (χ0) is 12.5. The van der Waals surface area contributed by atoms with Crippen molar-refractivity contribution in [2.24, 2.45) is 0 Å². The maximum absolute atomic E-state index is 12.5. The number of thiophene rings is 1. The van der Waals surface area contributed by atoms with Gasteiger partial charge in [0.05, 0.1) is 10.6 Å². The summed E-state index contributed by atoms with van der Waals surface area (Å²) in [5.74, 6) is 0.0615. The number of fused-ring (bicyclic) bond motifs is 1. The lowest BCUT2D eigenvalue weighted by molar-refractivity contribution is 0.0739. The fourth-order valence-electron chi connectivity index (χ4n) is 2.31. The molecule has 0 bridgehead atoms. The van der Waals surface area contributed by atoms with E-state index in [-0.39, 0.29) is 5.91 Å². The molecular formula is C13H15N3OS. The first-order chi connectivity index (χ1) is 8.77. The molecule has 2 aromatic rings. The molecule has 3 rings (SSSR count). The molecule has 1 aromatic heterocycles. The molecule has 0 atom stereocenters. The predicted octanol–water partition coefficient (Wildman–Crippen LogP) is 1.53. The Morgan fingerprint density at radius 1 is 1.28 bits per heavy atom. The fourth-order valence-corrected chi connectivity index (χ4v) is 3.27. The number of nitrogens with two attached hydrogens (primary N) is 1. The Kier molecular flexibility index (Phi) is 2.93. The van der Waals surface area contributed by atoms with Gasteiger partial charge in [-0.25, -0.2) is 0 Å². The average molecular weight is 261 g/mol. The molecule has 3 N–H and O–H groups in total. The van der Waals surface area contributed by atoms with Crippen molar-refractivity contribution in [3.63, 3.8) is 0 Å². The minimum Gasteiger partial charge on any atom is -0.390 e. The number of piperazine rings is 1. The largest absolute Gasteiger partial charge is 0.390 e. The Morgan fingerprint density at radius 2 is 2.00 bits per heavy atom. The van der Waals surface area contributed by atoms with Crippen LogP contribution in [0.4, 0.5) is 5.00 Å². The van der Waals surface area contributed by atoms with Crippen LogP contribution in [0.15, 0.2) is 24.3 Å². The van der Waals surface area contributed by atoms with Crippen molar-refractivity contribution >= 4 is 32.3 Å². The maximum atomic E-state index is 12.5. The minimum absolute atomic E-state index is 0.0615. The second kappa shape index (κ2) is 4.59. The number of hydrogen-bond acceptors (Lipinski definition) is 4. The number of benzene rings is 1. The van der Waals surface area contributed by atoms with Crippen molar-refractivity contribution in [2.45, 2.75) is 0 Å². The van der Waals surface area contributed by atoms with E-state index in [1.807, 2.05) is 29.2 Å². The summed E-state index contributed by atoms with van der Waals surface area (Å²) in [6, 6.07) is 7.89. The number of carbonyl (C=O) groups is 1. The number of nitrogens with one attached hydrogen (secondary N) is 1. The molecule has 1 aromatic carbocycles. The molecule has 1 amide bonds. The lowest BCUT2D eigenvalue weighted by Crippen LogP contribution is -2.46. The van der Waals surface area contributed by atoms with Crippen molar-refractivity contribution < 1.29 is 4.79 Å². The molecule has 94 valence electrons. The van der Waals surface area contributed by atoms with Crippen molar-refractivity contribution in [2.75, 3.05) is 31.9 Å². The molecule has 0 radical (unpaired) electrons. The van der Waals surface area contributed by atoms with Crippen LogP contribution >= 0.6 is 11.3 Å². The number of hydrogen-bond donors (Lipinski definition) is 2. The van der Waals surface area contributed by atoms with Crippen LogP contribution in [0.2, 0.25) is 0 Å². The van der Waals surface area contributed by atoms with Gasteiger partial charge in [-0.1, -0.05) is 18.2 Å². The molecule has 2 heterocycles. The van der Waals surface area contributed by atoms with Gasteiger partial charge in [0.1, 0.15) is 0 Å². The van der Waals surface area contributed by atoms with Crippen LogP contribution in [0.3, 0.4) is 0 Å². The average Bonchev–Trinajstić information content (AvgIpc) is 2.75. The molecular weight excluding hydrogens is 246 g/mol. The summed E-state index contributed by atoms with van der Waals surface area (Å²) in [6.45, 7) is 3.21. The van der Waals surface area contributed by atoms with E-state index in [2.05, 4.69) is 5.32 Å². The molecule has 0 unspecified atom stereocenters. The Labute approximate surface area is 109 Å². The smallest absolute Gasteiger partial charge is 0.257 e. The highest BCUT2D eigenvalue weighted by atomic mass is 32.1. The summed E-state index contributed by atoms with van der Waals surface area (Å²) in [4.78, 5) is 14.4. The standard InChI is InChI=1S/C13H15N3OS/c14-12-11(9-3-1-2-4-10(9)18-12)13(17)16-7-5-15-6-8-16/h1-4,15H,5-8,14H2. The van der Waals surface area contributed by atoms with Crippen LogP contribution in [-0.2, 0) is 0 Å². The van der Waals surface area contributed by atoms with Gasteiger partial charge in [-0.05, 0) is 6.07 Å². The summed E-state index contributed by atoms with van der Waals surface area (Å²) in [6.07, 6.45) is 0. The quantitative estimate of drug-likeness (QED) is 0.818. The Hall–Kier alpha value is -1.59. The van der Waals surface area contributed by atoms with Crippen LogP contribution in [0.5, 0.6) is 0 Å². The van der Waals surface area contributed by atoms with Gasteiger partial charge < -0.3 is 16.0 Å². The van der Waals surface area contributed by atoms with Crippen molar-refractivity contribution in [3.8, 4) is 0 Å². The van der Waals surface area contributed by atoms with Crippen LogP contribution in [0.25, 0.3) is 10.1 Å². The van der Waals surface area contributed by atoms with Gasteiger partial charge in [-0.15, -0.1) is 11.3 Å². The van der Waals surface area contributed by atoms with Gasteiger partial charge in [0.2, 0.25) is 0 Å². The zero-order valence-corrected chi connectivity index (χ0v) is 10.8. The number of nitrogens with zero attached hydrogens (tertiary/aromatic N) is 1. The maximum Gasteiger partial charge on any atom is 0.257 e. The summed E-state index contributed by atoms with van der Waals surface area (Å²) in [5.41, 5.74) is 6.69. The molecule has 18 heavy (non-hydrogen) atoms. The molecule has 0 saturated carbocycles. The number of nitrogen functional groups attached to an aromatic ring is 1. The van der Waals surface area contributed by atoms with E-state index in [0.717, 1.165) is 36.3 Å². The van der Waals surface area contributed by atoms with E-state index in [1.165, 1.54) is 11.3 Å². The van der Waals surface area contributed by atoms with Crippen molar-refractivity contribution in [3.05, 3.63) is 29.8 Å². The fraction of sp³-hybridized carbons (Fsp3) is 0.308. The Morgan fingerprint density at radius 3 is 2.78 bits per heavy atom. The first-order valence-corrected chi connectivity index (χ1v) is 6.86. The summed E-state index contributed by atoms with van der Waals surface area (Å²) < 4.78 is 1.08. The number of carbonyl (C=O) groups excluding carboxylic acids is 1. The molecule has 4 nitrogen and oxygen atoms in total. The van der Waals surface area contributed by atoms with Gasteiger partial charge in [-0.3, -0.25) is 4.79 Å². The second-order valence-corrected chi connectivity index (χ2v) is 5.46. The van der Waals surface area contributed by atoms with E-state index in [4.69, 9.17) is 5.73 Å². The first kappa shape index (κ1) is 11.5. The summed E-state index contributed by atoms with van der Waals surface area (Å²) in [7, 11) is 0. The van der Waals surface area contributed by atoms with Crippen molar-refractivity contribution in [1.82, 2.24) is 10.2 Å². The molecule has 1 saturated heterocycles. The number of amides is 1. The van der Waals surface area contributed by atoms with E-state index < -0.39 is 0 Å². The Balaban J connectivity index is 2.02. The van der Waals surface area contributed by atoms with Gasteiger partial charge in [-0.2, -0.15) is 0 Å². The third-order valence-corrected chi connectivity index (χ3v) is 4.24. The van der Waals surface area contributed by atoms with Gasteiger partial charge in [0.15, 0.2) is 0 Å². The summed E-state index contributed by atoms with van der Waals surface area (Å²) in [5, 5.41) is 4.84. The van der Waals surface area contributed by atoms with Crippen LogP contribution in [0, 0.1) is 0 Å². The van der Waals surface area contributed by atoms with Crippen molar-refractivity contribution in [1.29, 1.82) is 0 Å². The number of rotatable bonds is 1. The lowest BCUT2D eigenvalue weighted by atomic mass is 10.1. The monoisotopic (exact) mass is 261 g/mol. The molecule has 1 aliphatic rings. The van der Waals surface area contributed by atoms with E-state index >= 15 is 0 Å². The highest BCUT2D eigenvalue weighted by molar-refractivity contribution is 7.23. The molecule has 1 aliphatic heterocycles. The molecule has 0 aliphatic carbocycles. The zero-order valence-electron chi connectivity index (χ0n) is 9.98. The van der Waals surface area contributed by atoms with Gasteiger partial charge in [0, 0.05) is 36.3 Å². The van der Waals surface area contributed by atoms with Crippen LogP contribution in [0.1, 0.15) is 10.4 Å². The van der Waals surface area contributed by atoms with Gasteiger partial charge in [0.25, 0.3) is 5.91 Å². The normalized spacial score (nSPS) is 16.1. The van der Waals surface area contributed by atoms with Crippen LogP contribution < -0.4 is 11.1 Å². The highest BCUT2D eigenvalue weighted by Gasteiger charge is 2.23. The third-order valence-electron chi connectivity index (χ3n) is 3.24. The molecule has 5 heteroatoms. The van der Waals surface area contributed by atoms with E-state index in [0.29, 0.717) is 10.6 Å². The summed E-state index contributed by atoms with van der Waals surface area (Å²) >= 11 is 1.49. The van der Waals surface area contributed by atoms with Crippen LogP contribution in [-0.4, -0.2) is 37.0 Å². The second-order valence-electron chi connectivity index (χ2n) is 4.38. The molecule has 0 spiro atoms. The third kappa shape index (κ3) is 1.85. The first-order valence-electron chi connectivity index (χ1n) is 6.04.